The maximum atomic E-state index is 5.44. The van der Waals surface area contributed by atoms with E-state index in [1.165, 1.54) is 11.1 Å². The number of aromatic nitrogens is 1. The fraction of sp³-hybridized carbons (Fsp3) is 0.353. The highest BCUT2D eigenvalue weighted by Gasteiger charge is 2.16. The molecule has 0 aliphatic rings. The summed E-state index contributed by atoms with van der Waals surface area (Å²) in [6.07, 6.45) is 4.54. The molecule has 1 unspecified atom stereocenters. The average molecular weight is 270 g/mol. The SMILES string of the molecule is CCNC(Cc1ccccc1C)c1ccncc1OC. The van der Waals surface area contributed by atoms with Crippen molar-refractivity contribution in [2.75, 3.05) is 13.7 Å². The van der Waals surface area contributed by atoms with Crippen molar-refractivity contribution >= 4 is 0 Å². The summed E-state index contributed by atoms with van der Waals surface area (Å²) in [6, 6.07) is 10.8. The van der Waals surface area contributed by atoms with Gasteiger partial charge < -0.3 is 10.1 Å². The van der Waals surface area contributed by atoms with Gasteiger partial charge in [0.05, 0.1) is 13.3 Å². The number of hydrogen-bond acceptors (Lipinski definition) is 3. The van der Waals surface area contributed by atoms with Crippen LogP contribution in [0, 0.1) is 6.92 Å². The topological polar surface area (TPSA) is 34.2 Å². The molecule has 1 aromatic carbocycles. The molecular formula is C17H22N2O. The number of benzene rings is 1. The Labute approximate surface area is 121 Å². The van der Waals surface area contributed by atoms with Crippen LogP contribution in [0.3, 0.4) is 0 Å². The number of rotatable bonds is 6. The van der Waals surface area contributed by atoms with Crippen LogP contribution in [-0.2, 0) is 6.42 Å². The molecule has 3 nitrogen and oxygen atoms in total. The first-order valence-electron chi connectivity index (χ1n) is 7.02. The van der Waals surface area contributed by atoms with Crippen molar-refractivity contribution < 1.29 is 4.74 Å². The van der Waals surface area contributed by atoms with Crippen LogP contribution in [-0.4, -0.2) is 18.6 Å². The molecule has 2 aromatic rings. The Bertz CT molecular complexity index is 554. The van der Waals surface area contributed by atoms with Crippen LogP contribution in [0.15, 0.2) is 42.7 Å². The monoisotopic (exact) mass is 270 g/mol. The molecule has 1 heterocycles. The molecule has 0 spiro atoms. The molecule has 0 saturated carbocycles. The van der Waals surface area contributed by atoms with E-state index in [1.807, 2.05) is 12.3 Å². The summed E-state index contributed by atoms with van der Waals surface area (Å²) in [5, 5.41) is 3.54. The van der Waals surface area contributed by atoms with Gasteiger partial charge >= 0.3 is 0 Å². The van der Waals surface area contributed by atoms with E-state index >= 15 is 0 Å². The van der Waals surface area contributed by atoms with E-state index in [-0.39, 0.29) is 6.04 Å². The molecular weight excluding hydrogens is 248 g/mol. The number of methoxy groups -OCH3 is 1. The van der Waals surface area contributed by atoms with E-state index in [4.69, 9.17) is 4.74 Å². The van der Waals surface area contributed by atoms with Crippen molar-refractivity contribution in [3.63, 3.8) is 0 Å². The van der Waals surface area contributed by atoms with E-state index in [9.17, 15) is 0 Å². The lowest BCUT2D eigenvalue weighted by molar-refractivity contribution is 0.397. The molecule has 1 N–H and O–H groups in total. The lowest BCUT2D eigenvalue weighted by Gasteiger charge is -2.21. The molecule has 106 valence electrons. The highest BCUT2D eigenvalue weighted by Crippen LogP contribution is 2.27. The van der Waals surface area contributed by atoms with Gasteiger partial charge in [-0.1, -0.05) is 31.2 Å². The number of nitrogens with one attached hydrogen (secondary N) is 1. The van der Waals surface area contributed by atoms with Gasteiger partial charge in [-0.25, -0.2) is 0 Å². The number of pyridine rings is 1. The van der Waals surface area contributed by atoms with Gasteiger partial charge in [-0.3, -0.25) is 4.98 Å². The zero-order chi connectivity index (χ0) is 14.4. The second kappa shape index (κ2) is 7.06. The number of hydrogen-bond donors (Lipinski definition) is 1. The highest BCUT2D eigenvalue weighted by molar-refractivity contribution is 5.35. The van der Waals surface area contributed by atoms with Crippen molar-refractivity contribution in [2.45, 2.75) is 26.3 Å². The van der Waals surface area contributed by atoms with E-state index in [2.05, 4.69) is 48.4 Å². The van der Waals surface area contributed by atoms with Crippen molar-refractivity contribution in [1.82, 2.24) is 10.3 Å². The van der Waals surface area contributed by atoms with Crippen LogP contribution in [0.2, 0.25) is 0 Å². The fourth-order valence-corrected chi connectivity index (χ4v) is 2.45. The summed E-state index contributed by atoms with van der Waals surface area (Å²) in [6.45, 7) is 5.20. The van der Waals surface area contributed by atoms with Crippen LogP contribution >= 0.6 is 0 Å². The molecule has 0 bridgehead atoms. The Hall–Kier alpha value is -1.87. The van der Waals surface area contributed by atoms with E-state index < -0.39 is 0 Å². The lowest BCUT2D eigenvalue weighted by Crippen LogP contribution is -2.23. The molecule has 0 aliphatic heterocycles. The van der Waals surface area contributed by atoms with Gasteiger partial charge in [0.2, 0.25) is 0 Å². The van der Waals surface area contributed by atoms with Gasteiger partial charge in [0.25, 0.3) is 0 Å². The molecule has 20 heavy (non-hydrogen) atoms. The number of likely N-dealkylation sites (N-methyl/N-ethyl adjacent to an activating group) is 1. The molecule has 0 aliphatic carbocycles. The average Bonchev–Trinajstić information content (AvgIpc) is 2.49. The summed E-state index contributed by atoms with van der Waals surface area (Å²) in [5.74, 6) is 0.840. The maximum Gasteiger partial charge on any atom is 0.141 e. The second-order valence-corrected chi connectivity index (χ2v) is 4.86. The smallest absolute Gasteiger partial charge is 0.141 e. The number of ether oxygens (including phenoxy) is 1. The van der Waals surface area contributed by atoms with Crippen LogP contribution in [0.1, 0.15) is 29.7 Å². The van der Waals surface area contributed by atoms with E-state index in [0.717, 1.165) is 24.3 Å². The minimum absolute atomic E-state index is 0.235. The van der Waals surface area contributed by atoms with Gasteiger partial charge in [-0.05, 0) is 37.1 Å². The van der Waals surface area contributed by atoms with Crippen LogP contribution in [0.25, 0.3) is 0 Å². The van der Waals surface area contributed by atoms with Gasteiger partial charge in [0, 0.05) is 17.8 Å². The zero-order valence-corrected chi connectivity index (χ0v) is 12.4. The molecule has 3 heteroatoms. The predicted octanol–water partition coefficient (Wildman–Crippen LogP) is 3.29. The molecule has 0 amide bonds. The summed E-state index contributed by atoms with van der Waals surface area (Å²) < 4.78 is 5.44. The third kappa shape index (κ3) is 3.36. The molecule has 2 rings (SSSR count). The summed E-state index contributed by atoms with van der Waals surface area (Å²) in [5.41, 5.74) is 3.84. The van der Waals surface area contributed by atoms with E-state index in [0.29, 0.717) is 0 Å². The van der Waals surface area contributed by atoms with E-state index in [1.54, 1.807) is 13.3 Å². The number of aryl methyl sites for hydroxylation is 1. The minimum Gasteiger partial charge on any atom is -0.495 e. The standard InChI is InChI=1S/C17H22N2O/c1-4-19-16(11-14-8-6-5-7-13(14)2)15-9-10-18-12-17(15)20-3/h5-10,12,16,19H,4,11H2,1-3H3. The Kier molecular flexibility index (Phi) is 5.13. The predicted molar refractivity (Wildman–Crippen MR) is 82.1 cm³/mol. The maximum absolute atomic E-state index is 5.44. The zero-order valence-electron chi connectivity index (χ0n) is 12.4. The fourth-order valence-electron chi connectivity index (χ4n) is 2.45. The molecule has 0 radical (unpaired) electrons. The van der Waals surface area contributed by atoms with Gasteiger partial charge in [0.15, 0.2) is 0 Å². The molecule has 0 fully saturated rings. The quantitative estimate of drug-likeness (QED) is 0.874. The third-order valence-corrected chi connectivity index (χ3v) is 3.55. The molecule has 0 saturated heterocycles. The third-order valence-electron chi connectivity index (χ3n) is 3.55. The minimum atomic E-state index is 0.235. The summed E-state index contributed by atoms with van der Waals surface area (Å²) in [7, 11) is 1.69. The Morgan fingerprint density at radius 2 is 2.05 bits per heavy atom. The first-order valence-corrected chi connectivity index (χ1v) is 7.02. The Balaban J connectivity index is 2.29. The van der Waals surface area contributed by atoms with Crippen molar-refractivity contribution in [2.24, 2.45) is 0 Å². The van der Waals surface area contributed by atoms with Crippen molar-refractivity contribution in [1.29, 1.82) is 0 Å². The first-order chi connectivity index (χ1) is 9.76. The van der Waals surface area contributed by atoms with Gasteiger partial charge in [-0.2, -0.15) is 0 Å². The Morgan fingerprint density at radius 1 is 1.25 bits per heavy atom. The Morgan fingerprint density at radius 3 is 2.75 bits per heavy atom. The van der Waals surface area contributed by atoms with Crippen molar-refractivity contribution in [3.8, 4) is 5.75 Å². The first kappa shape index (κ1) is 14.5. The largest absolute Gasteiger partial charge is 0.495 e. The highest BCUT2D eigenvalue weighted by atomic mass is 16.5. The normalized spacial score (nSPS) is 12.2. The number of nitrogens with zero attached hydrogens (tertiary/aromatic N) is 1. The van der Waals surface area contributed by atoms with Gasteiger partial charge in [0.1, 0.15) is 5.75 Å². The lowest BCUT2D eigenvalue weighted by atomic mass is 9.96. The van der Waals surface area contributed by atoms with Crippen LogP contribution < -0.4 is 10.1 Å². The summed E-state index contributed by atoms with van der Waals surface area (Å²) >= 11 is 0. The second-order valence-electron chi connectivity index (χ2n) is 4.86. The molecule has 1 atom stereocenters. The van der Waals surface area contributed by atoms with Crippen LogP contribution in [0.5, 0.6) is 5.75 Å². The summed E-state index contributed by atoms with van der Waals surface area (Å²) in [4.78, 5) is 4.13. The molecule has 1 aromatic heterocycles. The van der Waals surface area contributed by atoms with Crippen LogP contribution in [0.4, 0.5) is 0 Å². The van der Waals surface area contributed by atoms with Crippen molar-refractivity contribution in [3.05, 3.63) is 59.4 Å². The van der Waals surface area contributed by atoms with Gasteiger partial charge in [-0.15, -0.1) is 0 Å².